The monoisotopic (exact) mass is 300 g/mol. The number of nitrogens with zero attached hydrogens (tertiary/aromatic N) is 1. The molecule has 2 aromatic carbocycles. The molecule has 1 N–H and O–H groups in total. The van der Waals surface area contributed by atoms with Gasteiger partial charge in [-0.15, -0.1) is 0 Å². The van der Waals surface area contributed by atoms with Crippen LogP contribution in [-0.4, -0.2) is 4.92 Å². The highest BCUT2D eigenvalue weighted by atomic mass is 19.1. The Hall–Kier alpha value is -2.89. The summed E-state index contributed by atoms with van der Waals surface area (Å²) in [6.07, 6.45) is 0. The standard InChI is InChI=1S/C16H13FN2O3/c1-10(15-9-11-5-2-3-8-14(11)22-15)18-13-7-4-6-12(17)16(13)19(20)21/h2-10,18H,1H3/t10-/m1/s1. The van der Waals surface area contributed by atoms with E-state index in [1.165, 1.54) is 12.1 Å². The van der Waals surface area contributed by atoms with Crippen LogP contribution in [-0.2, 0) is 0 Å². The van der Waals surface area contributed by atoms with E-state index in [1.807, 2.05) is 30.3 Å². The Labute approximate surface area is 125 Å². The van der Waals surface area contributed by atoms with Gasteiger partial charge < -0.3 is 9.73 Å². The Morgan fingerprint density at radius 1 is 1.23 bits per heavy atom. The molecule has 0 aliphatic carbocycles. The van der Waals surface area contributed by atoms with Crippen LogP contribution in [0.3, 0.4) is 0 Å². The summed E-state index contributed by atoms with van der Waals surface area (Å²) in [5, 5.41) is 14.9. The van der Waals surface area contributed by atoms with E-state index in [0.29, 0.717) is 5.76 Å². The van der Waals surface area contributed by atoms with Crippen LogP contribution in [0.4, 0.5) is 15.8 Å². The van der Waals surface area contributed by atoms with E-state index in [9.17, 15) is 14.5 Å². The van der Waals surface area contributed by atoms with E-state index in [-0.39, 0.29) is 11.7 Å². The number of benzene rings is 2. The Morgan fingerprint density at radius 3 is 2.73 bits per heavy atom. The Bertz CT molecular complexity index is 811. The molecule has 0 aliphatic heterocycles. The fourth-order valence-electron chi connectivity index (χ4n) is 2.34. The summed E-state index contributed by atoms with van der Waals surface area (Å²) < 4.78 is 19.3. The summed E-state index contributed by atoms with van der Waals surface area (Å²) in [6.45, 7) is 1.80. The van der Waals surface area contributed by atoms with Gasteiger partial charge in [-0.1, -0.05) is 24.3 Å². The van der Waals surface area contributed by atoms with Gasteiger partial charge in [0.1, 0.15) is 17.0 Å². The molecule has 0 radical (unpaired) electrons. The van der Waals surface area contributed by atoms with Crippen molar-refractivity contribution in [3.8, 4) is 0 Å². The second-order valence-electron chi connectivity index (χ2n) is 4.95. The fourth-order valence-corrected chi connectivity index (χ4v) is 2.34. The lowest BCUT2D eigenvalue weighted by atomic mass is 10.2. The van der Waals surface area contributed by atoms with Gasteiger partial charge in [0.05, 0.1) is 11.0 Å². The van der Waals surface area contributed by atoms with E-state index in [2.05, 4.69) is 5.32 Å². The van der Waals surface area contributed by atoms with Crippen molar-refractivity contribution in [2.45, 2.75) is 13.0 Å². The molecule has 112 valence electrons. The first-order valence-electron chi connectivity index (χ1n) is 6.74. The van der Waals surface area contributed by atoms with Gasteiger partial charge in [-0.25, -0.2) is 0 Å². The van der Waals surface area contributed by atoms with Crippen LogP contribution in [0.1, 0.15) is 18.7 Å². The molecule has 22 heavy (non-hydrogen) atoms. The first-order valence-corrected chi connectivity index (χ1v) is 6.74. The summed E-state index contributed by atoms with van der Waals surface area (Å²) >= 11 is 0. The molecule has 0 saturated carbocycles. The van der Waals surface area contributed by atoms with E-state index in [1.54, 1.807) is 6.92 Å². The number of nitrogens with one attached hydrogen (secondary N) is 1. The van der Waals surface area contributed by atoms with E-state index in [0.717, 1.165) is 17.0 Å². The number of nitro benzene ring substituents is 1. The Morgan fingerprint density at radius 2 is 2.00 bits per heavy atom. The molecule has 0 fully saturated rings. The number of fused-ring (bicyclic) bond motifs is 1. The number of para-hydroxylation sites is 2. The van der Waals surface area contributed by atoms with Crippen LogP contribution < -0.4 is 5.32 Å². The predicted octanol–water partition coefficient (Wildman–Crippen LogP) is 4.65. The molecule has 0 unspecified atom stereocenters. The van der Waals surface area contributed by atoms with Crippen LogP contribution >= 0.6 is 0 Å². The van der Waals surface area contributed by atoms with Crippen LogP contribution in [0.5, 0.6) is 0 Å². The van der Waals surface area contributed by atoms with Gasteiger partial charge in [-0.05, 0) is 31.2 Å². The largest absolute Gasteiger partial charge is 0.459 e. The highest BCUT2D eigenvalue weighted by Gasteiger charge is 2.22. The Kier molecular flexibility index (Phi) is 3.50. The third-order valence-corrected chi connectivity index (χ3v) is 3.41. The smallest absolute Gasteiger partial charge is 0.327 e. The second-order valence-corrected chi connectivity index (χ2v) is 4.95. The maximum absolute atomic E-state index is 13.6. The molecular formula is C16H13FN2O3. The second kappa shape index (κ2) is 5.48. The zero-order valence-electron chi connectivity index (χ0n) is 11.7. The van der Waals surface area contributed by atoms with Crippen molar-refractivity contribution in [3.63, 3.8) is 0 Å². The summed E-state index contributed by atoms with van der Waals surface area (Å²) in [4.78, 5) is 10.3. The molecule has 1 heterocycles. The van der Waals surface area contributed by atoms with E-state index in [4.69, 9.17) is 4.42 Å². The normalized spacial score (nSPS) is 12.3. The van der Waals surface area contributed by atoms with Gasteiger partial charge in [0.15, 0.2) is 0 Å². The number of nitro groups is 1. The maximum atomic E-state index is 13.6. The van der Waals surface area contributed by atoms with Crippen molar-refractivity contribution >= 4 is 22.3 Å². The van der Waals surface area contributed by atoms with Crippen LogP contribution in [0.2, 0.25) is 0 Å². The zero-order chi connectivity index (χ0) is 15.7. The van der Waals surface area contributed by atoms with Crippen molar-refractivity contribution in [2.24, 2.45) is 0 Å². The Balaban J connectivity index is 1.93. The molecule has 0 spiro atoms. The van der Waals surface area contributed by atoms with Crippen LogP contribution in [0.25, 0.3) is 11.0 Å². The van der Waals surface area contributed by atoms with Gasteiger partial charge in [-0.2, -0.15) is 4.39 Å². The van der Waals surface area contributed by atoms with Gasteiger partial charge >= 0.3 is 5.69 Å². The number of rotatable bonds is 4. The number of halogens is 1. The third-order valence-electron chi connectivity index (χ3n) is 3.41. The average Bonchev–Trinajstić information content (AvgIpc) is 2.91. The first-order chi connectivity index (χ1) is 10.6. The highest BCUT2D eigenvalue weighted by molar-refractivity contribution is 5.78. The lowest BCUT2D eigenvalue weighted by Crippen LogP contribution is -2.08. The van der Waals surface area contributed by atoms with Gasteiger partial charge in [0.2, 0.25) is 5.82 Å². The van der Waals surface area contributed by atoms with Gasteiger partial charge in [0, 0.05) is 5.39 Å². The van der Waals surface area contributed by atoms with E-state index >= 15 is 0 Å². The van der Waals surface area contributed by atoms with Crippen molar-refractivity contribution < 1.29 is 13.7 Å². The molecule has 0 bridgehead atoms. The van der Waals surface area contributed by atoms with Gasteiger partial charge in [-0.3, -0.25) is 10.1 Å². The topological polar surface area (TPSA) is 68.3 Å². The zero-order valence-corrected chi connectivity index (χ0v) is 11.7. The molecule has 0 amide bonds. The molecule has 1 aromatic heterocycles. The molecule has 3 aromatic rings. The number of hydrogen-bond acceptors (Lipinski definition) is 4. The summed E-state index contributed by atoms with van der Waals surface area (Å²) in [7, 11) is 0. The minimum absolute atomic E-state index is 0.123. The molecule has 1 atom stereocenters. The number of furan rings is 1. The van der Waals surface area contributed by atoms with Gasteiger partial charge in [0.25, 0.3) is 0 Å². The molecule has 6 heteroatoms. The SMILES string of the molecule is C[C@@H](Nc1cccc(F)c1[N+](=O)[O-])c1cc2ccccc2o1. The average molecular weight is 300 g/mol. The maximum Gasteiger partial charge on any atom is 0.327 e. The molecule has 0 aliphatic rings. The lowest BCUT2D eigenvalue weighted by molar-refractivity contribution is -0.386. The highest BCUT2D eigenvalue weighted by Crippen LogP contribution is 2.32. The first kappa shape index (κ1) is 14.1. The van der Waals surface area contributed by atoms with Crippen molar-refractivity contribution in [1.29, 1.82) is 0 Å². The molecular weight excluding hydrogens is 287 g/mol. The van der Waals surface area contributed by atoms with Crippen molar-refractivity contribution in [3.05, 3.63) is 70.2 Å². The van der Waals surface area contributed by atoms with Crippen LogP contribution in [0.15, 0.2) is 52.9 Å². The van der Waals surface area contributed by atoms with Crippen molar-refractivity contribution in [2.75, 3.05) is 5.32 Å². The summed E-state index contributed by atoms with van der Waals surface area (Å²) in [5.74, 6) is -0.244. The number of hydrogen-bond donors (Lipinski definition) is 1. The molecule has 5 nitrogen and oxygen atoms in total. The molecule has 3 rings (SSSR count). The lowest BCUT2D eigenvalue weighted by Gasteiger charge is -2.13. The number of anilines is 1. The quantitative estimate of drug-likeness (QED) is 0.562. The summed E-state index contributed by atoms with van der Waals surface area (Å²) in [6, 6.07) is 13.0. The minimum Gasteiger partial charge on any atom is -0.459 e. The molecule has 0 saturated heterocycles. The predicted molar refractivity (Wildman–Crippen MR) is 81.3 cm³/mol. The summed E-state index contributed by atoms with van der Waals surface area (Å²) in [5.41, 5.74) is 0.295. The van der Waals surface area contributed by atoms with Crippen molar-refractivity contribution in [1.82, 2.24) is 0 Å². The van der Waals surface area contributed by atoms with E-state index < -0.39 is 16.4 Å². The third kappa shape index (κ3) is 2.50. The minimum atomic E-state index is -0.869. The van der Waals surface area contributed by atoms with Crippen LogP contribution in [0, 0.1) is 15.9 Å². The fraction of sp³-hybridized carbons (Fsp3) is 0.125.